The molecule has 0 radical (unpaired) electrons. The topological polar surface area (TPSA) is 112 Å². The number of fused-ring (bicyclic) bond motifs is 3. The highest BCUT2D eigenvalue weighted by Gasteiger charge is 2.40. The number of nitrogens with one attached hydrogen (secondary N) is 1. The number of amides is 1. The van der Waals surface area contributed by atoms with Gasteiger partial charge >= 0.3 is 0 Å². The number of halogens is 3. The van der Waals surface area contributed by atoms with Gasteiger partial charge in [-0.15, -0.1) is 0 Å². The molecule has 1 aromatic carbocycles. The van der Waals surface area contributed by atoms with Gasteiger partial charge in [-0.1, -0.05) is 0 Å². The molecule has 0 bridgehead atoms. The van der Waals surface area contributed by atoms with Gasteiger partial charge in [-0.25, -0.2) is 22.9 Å². The number of nitrogens with two attached hydrogens (primary N) is 1. The number of primary amides is 1. The second-order valence-corrected chi connectivity index (χ2v) is 7.05. The molecule has 1 fully saturated rings. The number of carbonyl (C=O) groups is 1. The average molecular weight is 437 g/mol. The summed E-state index contributed by atoms with van der Waals surface area (Å²) in [4.78, 5) is 27.8. The molecule has 2 aliphatic heterocycles. The number of nitrogens with zero attached hydrogens (tertiary/aromatic N) is 3. The van der Waals surface area contributed by atoms with Gasteiger partial charge in [0.05, 0.1) is 17.8 Å². The smallest absolute Gasteiger partial charge is 0.284 e. The Morgan fingerprint density at radius 3 is 2.84 bits per heavy atom. The summed E-state index contributed by atoms with van der Waals surface area (Å²) in [5.74, 6) is 0.380. The maximum absolute atomic E-state index is 14.7. The van der Waals surface area contributed by atoms with Crippen LogP contribution in [0.25, 0.3) is 11.4 Å². The van der Waals surface area contributed by atoms with Crippen molar-refractivity contribution in [1.29, 1.82) is 0 Å². The quantitative estimate of drug-likeness (QED) is 0.682. The van der Waals surface area contributed by atoms with Crippen molar-refractivity contribution < 1.29 is 32.2 Å². The Labute approximate surface area is 174 Å². The highest BCUT2D eigenvalue weighted by Crippen LogP contribution is 2.38. The lowest BCUT2D eigenvalue weighted by molar-refractivity contribution is -0.118. The summed E-state index contributed by atoms with van der Waals surface area (Å²) < 4.78 is 53.9. The Balaban J connectivity index is 1.75. The van der Waals surface area contributed by atoms with Crippen molar-refractivity contribution in [3.05, 3.63) is 30.0 Å². The van der Waals surface area contributed by atoms with Gasteiger partial charge in [0.2, 0.25) is 5.91 Å². The van der Waals surface area contributed by atoms with Crippen LogP contribution in [-0.2, 0) is 20.9 Å². The van der Waals surface area contributed by atoms with E-state index in [4.69, 9.17) is 15.2 Å². The number of hydrogen-bond donors (Lipinski definition) is 2. The average Bonchev–Trinajstić information content (AvgIpc) is 3.30. The minimum atomic E-state index is -2.79. The van der Waals surface area contributed by atoms with Crippen LogP contribution in [0.15, 0.2) is 24.2 Å². The highest BCUT2D eigenvalue weighted by atomic mass is 19.3. The third-order valence-electron chi connectivity index (χ3n) is 5.03. The Hall–Kier alpha value is -3.66. The van der Waals surface area contributed by atoms with Gasteiger partial charge in [0.1, 0.15) is 42.7 Å². The number of rotatable bonds is 5. The summed E-state index contributed by atoms with van der Waals surface area (Å²) in [7, 11) is 0. The van der Waals surface area contributed by atoms with E-state index in [1.54, 1.807) is 4.57 Å². The molecule has 12 heteroatoms. The molecular weight excluding hydrogens is 419 g/mol. The predicted molar refractivity (Wildman–Crippen MR) is 103 cm³/mol. The van der Waals surface area contributed by atoms with Crippen molar-refractivity contribution in [2.24, 2.45) is 5.73 Å². The van der Waals surface area contributed by atoms with Crippen LogP contribution in [0.3, 0.4) is 0 Å². The molecule has 4 rings (SSSR count). The number of benzene rings is 1. The van der Waals surface area contributed by atoms with E-state index in [-0.39, 0.29) is 47.7 Å². The number of imidazole rings is 1. The molecule has 1 aromatic heterocycles. The second kappa shape index (κ2) is 7.88. The first-order chi connectivity index (χ1) is 14.8. The van der Waals surface area contributed by atoms with E-state index < -0.39 is 30.2 Å². The van der Waals surface area contributed by atoms with Crippen molar-refractivity contribution in [2.45, 2.75) is 32.0 Å². The van der Waals surface area contributed by atoms with Crippen LogP contribution >= 0.6 is 0 Å². The SMILES string of the molecule is C[C@H](Nc1cc2c(cc1F)-c1nc(N3C(=C=O)OC[C@H]3C(F)F)cn1CCO2)C(N)=O. The van der Waals surface area contributed by atoms with Gasteiger partial charge in [-0.2, -0.15) is 0 Å². The van der Waals surface area contributed by atoms with Crippen LogP contribution in [-0.4, -0.2) is 53.1 Å². The van der Waals surface area contributed by atoms with Gasteiger partial charge in [0.15, 0.2) is 11.8 Å². The standard InChI is InChI=1S/C19H18F3N5O4/c1-9(18(23)29)24-12-5-14-10(4-11(12)20)19-25-15(6-26(19)2-3-30-14)27-13(17(21)22)8-31-16(27)7-28/h4-6,9,13,17,24H,2-3,8H2,1H3,(H2,23,29)/t9-,13-/m0/s1. The molecule has 3 heterocycles. The first kappa shape index (κ1) is 20.6. The van der Waals surface area contributed by atoms with E-state index >= 15 is 0 Å². The van der Waals surface area contributed by atoms with Crippen molar-refractivity contribution in [3.8, 4) is 17.1 Å². The fourth-order valence-corrected chi connectivity index (χ4v) is 3.42. The fourth-order valence-electron chi connectivity index (χ4n) is 3.42. The number of ether oxygens (including phenoxy) is 2. The summed E-state index contributed by atoms with van der Waals surface area (Å²) in [5.41, 5.74) is 5.51. The number of alkyl halides is 2. The summed E-state index contributed by atoms with van der Waals surface area (Å²) in [6.45, 7) is 1.60. The van der Waals surface area contributed by atoms with Crippen LogP contribution in [0, 0.1) is 5.82 Å². The van der Waals surface area contributed by atoms with E-state index in [1.807, 2.05) is 0 Å². The van der Waals surface area contributed by atoms with Gasteiger partial charge in [-0.05, 0) is 13.0 Å². The van der Waals surface area contributed by atoms with Crippen molar-refractivity contribution in [1.82, 2.24) is 9.55 Å². The zero-order chi connectivity index (χ0) is 22.3. The Morgan fingerprint density at radius 2 is 2.16 bits per heavy atom. The number of anilines is 2. The Kier molecular flexibility index (Phi) is 5.24. The van der Waals surface area contributed by atoms with Crippen molar-refractivity contribution >= 4 is 23.4 Å². The molecule has 2 atom stereocenters. The van der Waals surface area contributed by atoms with Gasteiger partial charge in [-0.3, -0.25) is 9.69 Å². The van der Waals surface area contributed by atoms with E-state index in [2.05, 4.69) is 10.3 Å². The molecule has 31 heavy (non-hydrogen) atoms. The molecular formula is C19H18F3N5O4. The lowest BCUT2D eigenvalue weighted by Crippen LogP contribution is -2.36. The summed E-state index contributed by atoms with van der Waals surface area (Å²) in [6.07, 6.45) is -1.32. The maximum atomic E-state index is 14.7. The van der Waals surface area contributed by atoms with Crippen LogP contribution in [0.4, 0.5) is 24.7 Å². The van der Waals surface area contributed by atoms with Gasteiger partial charge < -0.3 is 25.1 Å². The molecule has 0 aliphatic carbocycles. The molecule has 3 N–H and O–H groups in total. The van der Waals surface area contributed by atoms with Crippen LogP contribution in [0.2, 0.25) is 0 Å². The zero-order valence-electron chi connectivity index (χ0n) is 16.3. The Morgan fingerprint density at radius 1 is 1.39 bits per heavy atom. The lowest BCUT2D eigenvalue weighted by Gasteiger charge is -2.19. The van der Waals surface area contributed by atoms with E-state index in [0.717, 1.165) is 4.90 Å². The molecule has 2 aromatic rings. The molecule has 0 saturated carbocycles. The minimum Gasteiger partial charge on any atom is -0.491 e. The van der Waals surface area contributed by atoms with Gasteiger partial charge in [0.25, 0.3) is 12.3 Å². The molecule has 1 saturated heterocycles. The first-order valence-corrected chi connectivity index (χ1v) is 9.35. The van der Waals surface area contributed by atoms with Crippen LogP contribution < -0.4 is 20.7 Å². The van der Waals surface area contributed by atoms with Gasteiger partial charge in [0, 0.05) is 12.3 Å². The highest BCUT2D eigenvalue weighted by molar-refractivity contribution is 5.83. The maximum Gasteiger partial charge on any atom is 0.284 e. The summed E-state index contributed by atoms with van der Waals surface area (Å²) >= 11 is 0. The third kappa shape index (κ3) is 3.66. The van der Waals surface area contributed by atoms with Crippen molar-refractivity contribution in [2.75, 3.05) is 23.4 Å². The molecule has 1 amide bonds. The van der Waals surface area contributed by atoms with Crippen LogP contribution in [0.1, 0.15) is 6.92 Å². The minimum absolute atomic E-state index is 0.0159. The molecule has 0 unspecified atom stereocenters. The van der Waals surface area contributed by atoms with E-state index in [9.17, 15) is 22.8 Å². The summed E-state index contributed by atoms with van der Waals surface area (Å²) in [6, 6.07) is 0.332. The zero-order valence-corrected chi connectivity index (χ0v) is 16.3. The fraction of sp³-hybridized carbons (Fsp3) is 0.368. The number of hydrogen-bond acceptors (Lipinski definition) is 7. The van der Waals surface area contributed by atoms with E-state index in [1.165, 1.54) is 31.2 Å². The van der Waals surface area contributed by atoms with Crippen molar-refractivity contribution in [3.63, 3.8) is 0 Å². The molecule has 2 aliphatic rings. The normalized spacial score (nSPS) is 18.4. The van der Waals surface area contributed by atoms with Crippen LogP contribution in [0.5, 0.6) is 5.75 Å². The number of aromatic nitrogens is 2. The largest absolute Gasteiger partial charge is 0.491 e. The molecule has 164 valence electrons. The first-order valence-electron chi connectivity index (χ1n) is 9.35. The number of carbonyl (C=O) groups excluding carboxylic acids is 2. The molecule has 0 spiro atoms. The lowest BCUT2D eigenvalue weighted by atomic mass is 10.1. The van der Waals surface area contributed by atoms with E-state index in [0.29, 0.717) is 6.54 Å². The predicted octanol–water partition coefficient (Wildman–Crippen LogP) is 1.51. The third-order valence-corrected chi connectivity index (χ3v) is 5.03. The monoisotopic (exact) mass is 437 g/mol. The Bertz CT molecular complexity index is 1080. The summed E-state index contributed by atoms with van der Waals surface area (Å²) in [5, 5.41) is 2.67. The molecule has 9 nitrogen and oxygen atoms in total. The second-order valence-electron chi connectivity index (χ2n) is 7.05.